The van der Waals surface area contributed by atoms with Gasteiger partial charge in [-0.05, 0) is 32.8 Å². The van der Waals surface area contributed by atoms with Crippen LogP contribution in [0.15, 0.2) is 41.8 Å². The number of carbonyl (C=O) groups is 2. The first kappa shape index (κ1) is 21.6. The maximum Gasteiger partial charge on any atom is 0.413 e. The van der Waals surface area contributed by atoms with Crippen LogP contribution in [0, 0.1) is 0 Å². The SMILES string of the molecule is CC(C)(C)OC(=O)Nc1nc(C(=CCCOCc2ccccc2)C(=O)O)cs1. The minimum Gasteiger partial charge on any atom is -0.478 e. The van der Waals surface area contributed by atoms with Gasteiger partial charge in [0.25, 0.3) is 0 Å². The quantitative estimate of drug-likeness (QED) is 0.494. The van der Waals surface area contributed by atoms with E-state index in [4.69, 9.17) is 9.47 Å². The number of anilines is 1. The number of hydrogen-bond acceptors (Lipinski definition) is 6. The molecular weight excluding hydrogens is 380 g/mol. The van der Waals surface area contributed by atoms with Crippen LogP contribution in [0.3, 0.4) is 0 Å². The van der Waals surface area contributed by atoms with Crippen molar-refractivity contribution in [3.05, 3.63) is 53.0 Å². The summed E-state index contributed by atoms with van der Waals surface area (Å²) in [5.41, 5.74) is 0.779. The monoisotopic (exact) mass is 404 g/mol. The number of nitrogens with zero attached hydrogens (tertiary/aromatic N) is 1. The zero-order valence-electron chi connectivity index (χ0n) is 16.1. The molecule has 0 radical (unpaired) electrons. The van der Waals surface area contributed by atoms with Gasteiger partial charge in [0.1, 0.15) is 5.60 Å². The lowest BCUT2D eigenvalue weighted by atomic mass is 10.2. The Balaban J connectivity index is 1.90. The highest BCUT2D eigenvalue weighted by atomic mass is 32.1. The number of nitrogens with one attached hydrogen (secondary N) is 1. The number of ether oxygens (including phenoxy) is 2. The minimum atomic E-state index is -1.09. The molecule has 0 unspecified atom stereocenters. The Kier molecular flexibility index (Phi) is 7.71. The Labute approximate surface area is 168 Å². The van der Waals surface area contributed by atoms with Gasteiger partial charge >= 0.3 is 12.1 Å². The number of carboxylic acid groups (broad SMARTS) is 1. The number of thiazole rings is 1. The maximum absolute atomic E-state index is 11.8. The highest BCUT2D eigenvalue weighted by Crippen LogP contribution is 2.23. The molecule has 0 saturated carbocycles. The van der Waals surface area contributed by atoms with Gasteiger partial charge in [-0.15, -0.1) is 11.3 Å². The number of benzene rings is 1. The van der Waals surface area contributed by atoms with Crippen LogP contribution >= 0.6 is 11.3 Å². The van der Waals surface area contributed by atoms with Crippen molar-refractivity contribution < 1.29 is 24.2 Å². The second-order valence-electron chi connectivity index (χ2n) is 6.91. The summed E-state index contributed by atoms with van der Waals surface area (Å²) < 4.78 is 10.7. The van der Waals surface area contributed by atoms with Crippen molar-refractivity contribution >= 4 is 34.1 Å². The molecule has 7 nitrogen and oxygen atoms in total. The number of carboxylic acids is 1. The standard InChI is InChI=1S/C20H24N2O5S/c1-20(2,3)27-19(25)22-18-21-16(13-28-18)15(17(23)24)10-7-11-26-12-14-8-5-4-6-9-14/h4-6,8-10,13H,7,11-12H2,1-3H3,(H,23,24)(H,21,22,25). The summed E-state index contributed by atoms with van der Waals surface area (Å²) in [6, 6.07) is 9.74. The Morgan fingerprint density at radius 1 is 1.25 bits per heavy atom. The van der Waals surface area contributed by atoms with Crippen LogP contribution in [0.1, 0.15) is 38.4 Å². The predicted octanol–water partition coefficient (Wildman–Crippen LogP) is 4.57. The number of rotatable bonds is 8. The molecule has 1 aromatic carbocycles. The summed E-state index contributed by atoms with van der Waals surface area (Å²) >= 11 is 1.13. The highest BCUT2D eigenvalue weighted by Gasteiger charge is 2.19. The van der Waals surface area contributed by atoms with E-state index in [1.165, 1.54) is 0 Å². The molecular formula is C20H24N2O5S. The van der Waals surface area contributed by atoms with Crippen LogP contribution in [-0.4, -0.2) is 34.4 Å². The van der Waals surface area contributed by atoms with Crippen LogP contribution in [-0.2, 0) is 20.9 Å². The first-order chi connectivity index (χ1) is 13.2. The Morgan fingerprint density at radius 3 is 2.61 bits per heavy atom. The molecule has 2 N–H and O–H groups in total. The van der Waals surface area contributed by atoms with Gasteiger partial charge in [0.15, 0.2) is 5.13 Å². The number of carbonyl (C=O) groups excluding carboxylic acids is 1. The van der Waals surface area contributed by atoms with Gasteiger partial charge in [-0.1, -0.05) is 36.4 Å². The third-order valence-corrected chi connectivity index (χ3v) is 4.10. The first-order valence-electron chi connectivity index (χ1n) is 8.75. The summed E-state index contributed by atoms with van der Waals surface area (Å²) in [6.45, 7) is 6.12. The lowest BCUT2D eigenvalue weighted by Crippen LogP contribution is -2.27. The van der Waals surface area contributed by atoms with Gasteiger partial charge in [-0.2, -0.15) is 0 Å². The second-order valence-corrected chi connectivity index (χ2v) is 7.77. The molecule has 0 saturated heterocycles. The van der Waals surface area contributed by atoms with E-state index in [0.29, 0.717) is 19.6 Å². The molecule has 28 heavy (non-hydrogen) atoms. The molecule has 1 amide bonds. The van der Waals surface area contributed by atoms with Crippen molar-refractivity contribution in [2.24, 2.45) is 0 Å². The van der Waals surface area contributed by atoms with E-state index < -0.39 is 17.7 Å². The third-order valence-electron chi connectivity index (χ3n) is 3.34. The van der Waals surface area contributed by atoms with E-state index in [1.807, 2.05) is 30.3 Å². The van der Waals surface area contributed by atoms with E-state index in [-0.39, 0.29) is 16.4 Å². The smallest absolute Gasteiger partial charge is 0.413 e. The average Bonchev–Trinajstić information content (AvgIpc) is 3.04. The Morgan fingerprint density at radius 2 is 1.96 bits per heavy atom. The molecule has 8 heteroatoms. The maximum atomic E-state index is 11.8. The van der Waals surface area contributed by atoms with E-state index in [2.05, 4.69) is 10.3 Å². The number of aromatic nitrogens is 1. The zero-order chi connectivity index (χ0) is 20.6. The van der Waals surface area contributed by atoms with E-state index in [9.17, 15) is 14.7 Å². The fourth-order valence-corrected chi connectivity index (χ4v) is 2.89. The van der Waals surface area contributed by atoms with Gasteiger partial charge in [-0.3, -0.25) is 5.32 Å². The van der Waals surface area contributed by atoms with Crippen LogP contribution in [0.25, 0.3) is 5.57 Å². The van der Waals surface area contributed by atoms with Crippen LogP contribution in [0.4, 0.5) is 9.93 Å². The molecule has 1 aromatic heterocycles. The summed E-state index contributed by atoms with van der Waals surface area (Å²) in [4.78, 5) is 27.5. The van der Waals surface area contributed by atoms with Crippen LogP contribution in [0.2, 0.25) is 0 Å². The molecule has 2 rings (SSSR count). The molecule has 0 spiro atoms. The number of hydrogen-bond donors (Lipinski definition) is 2. The first-order valence-corrected chi connectivity index (χ1v) is 9.63. The Hall–Kier alpha value is -2.71. The fourth-order valence-electron chi connectivity index (χ4n) is 2.20. The second kappa shape index (κ2) is 10.0. The molecule has 0 aliphatic rings. The summed E-state index contributed by atoms with van der Waals surface area (Å²) in [5, 5.41) is 13.8. The van der Waals surface area contributed by atoms with Crippen molar-refractivity contribution in [3.63, 3.8) is 0 Å². The number of aliphatic carboxylic acids is 1. The summed E-state index contributed by atoms with van der Waals surface area (Å²) in [5.74, 6) is -1.09. The normalized spacial score (nSPS) is 11.9. The van der Waals surface area contributed by atoms with Crippen molar-refractivity contribution in [3.8, 4) is 0 Å². The molecule has 0 aliphatic heterocycles. The molecule has 0 fully saturated rings. The summed E-state index contributed by atoms with van der Waals surface area (Å²) in [7, 11) is 0. The average molecular weight is 404 g/mol. The van der Waals surface area contributed by atoms with Gasteiger partial charge in [-0.25, -0.2) is 14.6 Å². The van der Waals surface area contributed by atoms with Crippen LogP contribution < -0.4 is 5.32 Å². The predicted molar refractivity (Wildman–Crippen MR) is 108 cm³/mol. The largest absolute Gasteiger partial charge is 0.478 e. The molecule has 1 heterocycles. The van der Waals surface area contributed by atoms with E-state index >= 15 is 0 Å². The molecule has 150 valence electrons. The number of amides is 1. The zero-order valence-corrected chi connectivity index (χ0v) is 16.9. The van der Waals surface area contributed by atoms with Gasteiger partial charge in [0.05, 0.1) is 24.5 Å². The highest BCUT2D eigenvalue weighted by molar-refractivity contribution is 7.14. The Bertz CT molecular complexity index is 825. The van der Waals surface area contributed by atoms with Gasteiger partial charge < -0.3 is 14.6 Å². The fraction of sp³-hybridized carbons (Fsp3) is 0.350. The molecule has 0 aliphatic carbocycles. The summed E-state index contributed by atoms with van der Waals surface area (Å²) in [6.07, 6.45) is 1.36. The van der Waals surface area contributed by atoms with Gasteiger partial charge in [0, 0.05) is 5.38 Å². The van der Waals surface area contributed by atoms with Crippen molar-refractivity contribution in [2.75, 3.05) is 11.9 Å². The van der Waals surface area contributed by atoms with Crippen molar-refractivity contribution in [2.45, 2.75) is 39.4 Å². The molecule has 0 bridgehead atoms. The lowest BCUT2D eigenvalue weighted by Gasteiger charge is -2.18. The topological polar surface area (TPSA) is 97.8 Å². The van der Waals surface area contributed by atoms with E-state index in [0.717, 1.165) is 16.9 Å². The minimum absolute atomic E-state index is 0.0665. The molecule has 2 aromatic rings. The third kappa shape index (κ3) is 7.50. The van der Waals surface area contributed by atoms with Crippen molar-refractivity contribution in [1.29, 1.82) is 0 Å². The molecule has 0 atom stereocenters. The van der Waals surface area contributed by atoms with Crippen LogP contribution in [0.5, 0.6) is 0 Å². The van der Waals surface area contributed by atoms with E-state index in [1.54, 1.807) is 32.2 Å². The van der Waals surface area contributed by atoms with Crippen molar-refractivity contribution in [1.82, 2.24) is 4.98 Å². The lowest BCUT2D eigenvalue weighted by molar-refractivity contribution is -0.130. The van der Waals surface area contributed by atoms with Gasteiger partial charge in [0.2, 0.25) is 0 Å².